The highest BCUT2D eigenvalue weighted by atomic mass is 19.1. The first kappa shape index (κ1) is 22.4. The van der Waals surface area contributed by atoms with Crippen molar-refractivity contribution in [1.29, 1.82) is 5.41 Å². The fourth-order valence-electron chi connectivity index (χ4n) is 3.61. The molecule has 0 fully saturated rings. The van der Waals surface area contributed by atoms with Crippen molar-refractivity contribution in [2.75, 3.05) is 26.8 Å². The van der Waals surface area contributed by atoms with E-state index in [1.807, 2.05) is 13.0 Å². The van der Waals surface area contributed by atoms with Gasteiger partial charge in [0.15, 0.2) is 0 Å². The van der Waals surface area contributed by atoms with E-state index in [9.17, 15) is 14.3 Å². The summed E-state index contributed by atoms with van der Waals surface area (Å²) in [5.41, 5.74) is 2.36. The molecule has 0 saturated carbocycles. The van der Waals surface area contributed by atoms with Gasteiger partial charge in [-0.15, -0.1) is 0 Å². The molecule has 0 unspecified atom stereocenters. The van der Waals surface area contributed by atoms with Gasteiger partial charge < -0.3 is 19.6 Å². The lowest BCUT2D eigenvalue weighted by Gasteiger charge is -2.32. The quantitative estimate of drug-likeness (QED) is 0.621. The summed E-state index contributed by atoms with van der Waals surface area (Å²) in [4.78, 5) is 20.2. The van der Waals surface area contributed by atoms with E-state index in [2.05, 4.69) is 4.98 Å². The van der Waals surface area contributed by atoms with Gasteiger partial charge in [-0.2, -0.15) is 0 Å². The lowest BCUT2D eigenvalue weighted by Crippen LogP contribution is -2.34. The third-order valence-electron chi connectivity index (χ3n) is 5.05. The van der Waals surface area contributed by atoms with Gasteiger partial charge in [0.05, 0.1) is 36.4 Å². The van der Waals surface area contributed by atoms with Gasteiger partial charge in [-0.3, -0.25) is 15.2 Å². The molecule has 0 saturated heterocycles. The summed E-state index contributed by atoms with van der Waals surface area (Å²) in [6.07, 6.45) is 9.54. The van der Waals surface area contributed by atoms with Gasteiger partial charge in [-0.05, 0) is 31.4 Å². The predicted molar refractivity (Wildman–Crippen MR) is 116 cm³/mol. The van der Waals surface area contributed by atoms with E-state index in [1.165, 1.54) is 30.3 Å². The molecule has 1 aromatic rings. The third-order valence-corrected chi connectivity index (χ3v) is 5.05. The van der Waals surface area contributed by atoms with Crippen molar-refractivity contribution in [3.8, 4) is 5.75 Å². The van der Waals surface area contributed by atoms with E-state index >= 15 is 0 Å². The van der Waals surface area contributed by atoms with Crippen molar-refractivity contribution >= 4 is 11.6 Å². The van der Waals surface area contributed by atoms with E-state index in [0.29, 0.717) is 35.7 Å². The van der Waals surface area contributed by atoms with Crippen LogP contribution in [0.4, 0.5) is 4.39 Å². The number of halogens is 1. The molecule has 1 aromatic heterocycles. The molecule has 8 heteroatoms. The van der Waals surface area contributed by atoms with Gasteiger partial charge in [0.1, 0.15) is 17.3 Å². The standard InChI is InChI=1S/C23H27FN4O3/c1-4-8-27(9-10-29)23(30)18-12-21(31-3)16(13-26-18)22(25)20-7-5-6-19-17(24)11-15(2)14-28(19)20/h6-7,11-14,25,29H,4-5,8-10H2,1-3H3. The van der Waals surface area contributed by atoms with Crippen LogP contribution in [0.3, 0.4) is 0 Å². The van der Waals surface area contributed by atoms with Crippen LogP contribution in [-0.4, -0.2) is 58.3 Å². The van der Waals surface area contributed by atoms with Gasteiger partial charge in [-0.1, -0.05) is 19.1 Å². The molecule has 7 nitrogen and oxygen atoms in total. The summed E-state index contributed by atoms with van der Waals surface area (Å²) in [6, 6.07) is 1.50. The number of aliphatic hydroxyl groups excluding tert-OH is 1. The lowest BCUT2D eigenvalue weighted by atomic mass is 10.0. The van der Waals surface area contributed by atoms with Crippen LogP contribution in [0.2, 0.25) is 0 Å². The third kappa shape index (κ3) is 4.59. The minimum Gasteiger partial charge on any atom is -0.496 e. The number of pyridine rings is 1. The van der Waals surface area contributed by atoms with Crippen molar-refractivity contribution in [2.24, 2.45) is 0 Å². The summed E-state index contributed by atoms with van der Waals surface area (Å²) >= 11 is 0. The van der Waals surface area contributed by atoms with Gasteiger partial charge in [0.2, 0.25) is 0 Å². The van der Waals surface area contributed by atoms with Crippen LogP contribution in [0.5, 0.6) is 5.75 Å². The van der Waals surface area contributed by atoms with Crippen molar-refractivity contribution in [1.82, 2.24) is 14.8 Å². The Labute approximate surface area is 181 Å². The number of allylic oxidation sites excluding steroid dienone is 6. The van der Waals surface area contributed by atoms with Crippen molar-refractivity contribution < 1.29 is 19.0 Å². The molecule has 2 aliphatic rings. The Bertz CT molecular complexity index is 1000. The largest absolute Gasteiger partial charge is 0.496 e. The highest BCUT2D eigenvalue weighted by Gasteiger charge is 2.27. The predicted octanol–water partition coefficient (Wildman–Crippen LogP) is 3.55. The first-order chi connectivity index (χ1) is 14.9. The summed E-state index contributed by atoms with van der Waals surface area (Å²) in [5.74, 6) is -0.324. The average Bonchev–Trinajstić information content (AvgIpc) is 2.77. The molecular weight excluding hydrogens is 399 g/mol. The number of aromatic nitrogens is 1. The van der Waals surface area contributed by atoms with Crippen LogP contribution < -0.4 is 4.74 Å². The fraction of sp³-hybridized carbons (Fsp3) is 0.348. The normalized spacial score (nSPS) is 15.3. The maximum Gasteiger partial charge on any atom is 0.272 e. The minimum absolute atomic E-state index is 0.119. The molecule has 2 aliphatic heterocycles. The van der Waals surface area contributed by atoms with Gasteiger partial charge in [0, 0.05) is 31.6 Å². The van der Waals surface area contributed by atoms with Crippen LogP contribution in [0.25, 0.3) is 0 Å². The van der Waals surface area contributed by atoms with E-state index in [1.54, 1.807) is 24.1 Å². The highest BCUT2D eigenvalue weighted by Crippen LogP contribution is 2.34. The minimum atomic E-state index is -0.343. The van der Waals surface area contributed by atoms with Crippen LogP contribution in [-0.2, 0) is 0 Å². The number of carbonyl (C=O) groups is 1. The number of amides is 1. The van der Waals surface area contributed by atoms with Crippen molar-refractivity contribution in [3.63, 3.8) is 0 Å². The second kappa shape index (κ2) is 9.70. The molecule has 3 heterocycles. The molecule has 31 heavy (non-hydrogen) atoms. The Morgan fingerprint density at radius 2 is 2.16 bits per heavy atom. The Morgan fingerprint density at radius 3 is 2.84 bits per heavy atom. The Hall–Kier alpha value is -3.26. The van der Waals surface area contributed by atoms with Crippen LogP contribution in [0, 0.1) is 5.41 Å². The molecule has 0 aromatic carbocycles. The van der Waals surface area contributed by atoms with Crippen LogP contribution in [0.1, 0.15) is 42.7 Å². The van der Waals surface area contributed by atoms with Crippen molar-refractivity contribution in [3.05, 3.63) is 70.7 Å². The van der Waals surface area contributed by atoms with Gasteiger partial charge in [0.25, 0.3) is 5.91 Å². The molecule has 1 amide bonds. The summed E-state index contributed by atoms with van der Waals surface area (Å²) in [7, 11) is 1.46. The zero-order valence-corrected chi connectivity index (χ0v) is 18.0. The molecule has 0 atom stereocenters. The molecule has 0 bridgehead atoms. The van der Waals surface area contributed by atoms with Crippen LogP contribution in [0.15, 0.2) is 59.5 Å². The summed E-state index contributed by atoms with van der Waals surface area (Å²) in [5, 5.41) is 18.0. The number of hydrogen-bond acceptors (Lipinski definition) is 6. The molecule has 0 radical (unpaired) electrons. The summed E-state index contributed by atoms with van der Waals surface area (Å²) < 4.78 is 19.9. The fourth-order valence-corrected chi connectivity index (χ4v) is 3.61. The number of rotatable bonds is 8. The number of ether oxygens (including phenoxy) is 1. The van der Waals surface area contributed by atoms with E-state index in [0.717, 1.165) is 12.0 Å². The Balaban J connectivity index is 1.91. The first-order valence-electron chi connectivity index (χ1n) is 10.2. The number of fused-ring (bicyclic) bond motifs is 1. The number of hydrogen-bond donors (Lipinski definition) is 2. The average molecular weight is 426 g/mol. The topological polar surface area (TPSA) is 89.8 Å². The number of aliphatic hydroxyl groups is 1. The maximum absolute atomic E-state index is 14.4. The van der Waals surface area contributed by atoms with Gasteiger partial charge in [-0.25, -0.2) is 4.39 Å². The smallest absolute Gasteiger partial charge is 0.272 e. The molecule has 2 N–H and O–H groups in total. The zero-order valence-electron chi connectivity index (χ0n) is 18.0. The molecule has 0 aliphatic carbocycles. The Morgan fingerprint density at radius 1 is 1.39 bits per heavy atom. The van der Waals surface area contributed by atoms with E-state index < -0.39 is 0 Å². The number of methoxy groups -OCH3 is 1. The molecule has 0 spiro atoms. The van der Waals surface area contributed by atoms with Gasteiger partial charge >= 0.3 is 0 Å². The molecule has 3 rings (SSSR count). The molecule has 164 valence electrons. The molecular formula is C23H27FN4O3. The second-order valence-electron chi connectivity index (χ2n) is 7.31. The second-order valence-corrected chi connectivity index (χ2v) is 7.31. The monoisotopic (exact) mass is 426 g/mol. The SMILES string of the molecule is CCCN(CCO)C(=O)c1cc(OC)c(C(=N)C2=CCC=C3C(F)=CC(C)=CN23)cn1. The van der Waals surface area contributed by atoms with E-state index in [-0.39, 0.29) is 36.3 Å². The van der Waals surface area contributed by atoms with E-state index in [4.69, 9.17) is 10.1 Å². The number of nitrogens with one attached hydrogen (secondary N) is 1. The number of carbonyl (C=O) groups excluding carboxylic acids is 1. The Kier molecular flexibility index (Phi) is 7.02. The first-order valence-corrected chi connectivity index (χ1v) is 10.2. The number of nitrogens with zero attached hydrogens (tertiary/aromatic N) is 3. The van der Waals surface area contributed by atoms with Crippen molar-refractivity contribution in [2.45, 2.75) is 26.7 Å². The zero-order chi connectivity index (χ0) is 22.5. The lowest BCUT2D eigenvalue weighted by molar-refractivity contribution is 0.0715. The maximum atomic E-state index is 14.4. The highest BCUT2D eigenvalue weighted by molar-refractivity contribution is 6.12. The summed E-state index contributed by atoms with van der Waals surface area (Å²) in [6.45, 7) is 4.33. The van der Waals surface area contributed by atoms with Crippen LogP contribution >= 0.6 is 0 Å².